The van der Waals surface area contributed by atoms with E-state index in [1.165, 1.54) is 17.0 Å². The van der Waals surface area contributed by atoms with Crippen LogP contribution in [0.15, 0.2) is 5.16 Å². The summed E-state index contributed by atoms with van der Waals surface area (Å²) in [5.41, 5.74) is 7.57. The van der Waals surface area contributed by atoms with Crippen LogP contribution in [0.5, 0.6) is 0 Å². The number of hydrogen-bond acceptors (Lipinski definition) is 5. The van der Waals surface area contributed by atoms with Crippen molar-refractivity contribution < 1.29 is 4.90 Å². The molecular weight excluding hydrogens is 276 g/mol. The van der Waals surface area contributed by atoms with Gasteiger partial charge in [0, 0.05) is 12.2 Å². The molecule has 2 aromatic heterocycles. The summed E-state index contributed by atoms with van der Waals surface area (Å²) < 4.78 is 0. The highest BCUT2D eigenvalue weighted by Crippen LogP contribution is 2.35. The monoisotopic (exact) mass is 295 g/mol. The van der Waals surface area contributed by atoms with Crippen molar-refractivity contribution in [1.29, 1.82) is 0 Å². The van der Waals surface area contributed by atoms with Crippen molar-refractivity contribution in [3.05, 3.63) is 10.4 Å². The zero-order chi connectivity index (χ0) is 13.4. The van der Waals surface area contributed by atoms with Crippen LogP contribution in [0.25, 0.3) is 10.2 Å². The van der Waals surface area contributed by atoms with Gasteiger partial charge < -0.3 is 10.6 Å². The van der Waals surface area contributed by atoms with Gasteiger partial charge in [0.1, 0.15) is 17.2 Å². The Morgan fingerprint density at radius 1 is 1.42 bits per heavy atom. The molecule has 0 bridgehead atoms. The van der Waals surface area contributed by atoms with Crippen molar-refractivity contribution in [2.45, 2.75) is 31.5 Å². The fourth-order valence-electron chi connectivity index (χ4n) is 2.48. The summed E-state index contributed by atoms with van der Waals surface area (Å²) in [5, 5.41) is 1.94. The van der Waals surface area contributed by atoms with Crippen molar-refractivity contribution in [1.82, 2.24) is 9.97 Å². The lowest BCUT2D eigenvalue weighted by atomic mass is 10.1. The first kappa shape index (κ1) is 13.1. The Kier molecular flexibility index (Phi) is 3.64. The third-order valence-electron chi connectivity index (χ3n) is 3.44. The second-order valence-corrected chi connectivity index (χ2v) is 7.20. The fraction of sp³-hybridized carbons (Fsp3) is 0.538. The van der Waals surface area contributed by atoms with E-state index in [1.54, 1.807) is 28.0 Å². The molecule has 0 saturated carbocycles. The molecule has 3 N–H and O–H groups in total. The summed E-state index contributed by atoms with van der Waals surface area (Å²) >= 11 is 3.50. The van der Waals surface area contributed by atoms with E-state index in [0.29, 0.717) is 5.82 Å². The highest BCUT2D eigenvalue weighted by Gasteiger charge is 2.24. The molecule has 1 unspecified atom stereocenters. The van der Waals surface area contributed by atoms with Gasteiger partial charge in [0.05, 0.1) is 23.9 Å². The first-order valence-electron chi connectivity index (χ1n) is 6.71. The van der Waals surface area contributed by atoms with E-state index in [2.05, 4.69) is 23.9 Å². The normalized spacial score (nSPS) is 18.7. The van der Waals surface area contributed by atoms with Gasteiger partial charge in [-0.15, -0.1) is 11.3 Å². The molecule has 6 heteroatoms. The molecule has 19 heavy (non-hydrogen) atoms. The van der Waals surface area contributed by atoms with E-state index >= 15 is 0 Å². The van der Waals surface area contributed by atoms with Gasteiger partial charge in [-0.3, -0.25) is 0 Å². The Morgan fingerprint density at radius 3 is 3.05 bits per heavy atom. The second kappa shape index (κ2) is 5.26. The molecule has 3 heterocycles. The number of anilines is 1. The van der Waals surface area contributed by atoms with Gasteiger partial charge in [-0.25, -0.2) is 9.97 Å². The molecule has 4 nitrogen and oxygen atoms in total. The SMILES string of the molecule is CCCSc1nc(N)c2c3c(sc2n1)C[NH+](C)CC3. The third kappa shape index (κ3) is 2.44. The number of quaternary nitrogens is 1. The van der Waals surface area contributed by atoms with Crippen LogP contribution < -0.4 is 10.6 Å². The second-order valence-electron chi connectivity index (χ2n) is 5.06. The quantitative estimate of drug-likeness (QED) is 0.663. The van der Waals surface area contributed by atoms with E-state index in [9.17, 15) is 0 Å². The molecule has 0 saturated heterocycles. The minimum atomic E-state index is 0.667. The Balaban J connectivity index is 2.06. The lowest BCUT2D eigenvalue weighted by Gasteiger charge is -2.19. The van der Waals surface area contributed by atoms with Crippen LogP contribution in [0.2, 0.25) is 0 Å². The topological polar surface area (TPSA) is 56.2 Å². The molecule has 1 aliphatic rings. The number of fused-ring (bicyclic) bond motifs is 3. The van der Waals surface area contributed by atoms with Crippen LogP contribution in [0, 0.1) is 0 Å². The molecule has 0 radical (unpaired) electrons. The van der Waals surface area contributed by atoms with Gasteiger partial charge in [-0.2, -0.15) is 0 Å². The van der Waals surface area contributed by atoms with Crippen molar-refractivity contribution in [2.24, 2.45) is 0 Å². The Bertz CT molecular complexity index is 608. The predicted molar refractivity (Wildman–Crippen MR) is 82.0 cm³/mol. The van der Waals surface area contributed by atoms with E-state index in [-0.39, 0.29) is 0 Å². The molecule has 1 atom stereocenters. The highest BCUT2D eigenvalue weighted by molar-refractivity contribution is 7.99. The molecular formula is C13H19N4S2+. The fourth-order valence-corrected chi connectivity index (χ4v) is 4.58. The van der Waals surface area contributed by atoms with Crippen LogP contribution in [0.3, 0.4) is 0 Å². The maximum absolute atomic E-state index is 6.17. The summed E-state index contributed by atoms with van der Waals surface area (Å²) in [5.74, 6) is 1.71. The smallest absolute Gasteiger partial charge is 0.190 e. The van der Waals surface area contributed by atoms with Crippen LogP contribution >= 0.6 is 23.1 Å². The van der Waals surface area contributed by atoms with Crippen molar-refractivity contribution >= 4 is 39.1 Å². The number of nitrogen functional groups attached to an aromatic ring is 1. The molecule has 1 aliphatic heterocycles. The largest absolute Gasteiger partial charge is 0.383 e. The molecule has 102 valence electrons. The number of thiophene rings is 1. The van der Waals surface area contributed by atoms with Crippen LogP contribution in [-0.2, 0) is 13.0 Å². The lowest BCUT2D eigenvalue weighted by Crippen LogP contribution is -3.08. The Morgan fingerprint density at radius 2 is 2.26 bits per heavy atom. The summed E-state index contributed by atoms with van der Waals surface area (Å²) in [7, 11) is 2.24. The average Bonchev–Trinajstić information content (AvgIpc) is 2.73. The molecule has 0 aromatic carbocycles. The van der Waals surface area contributed by atoms with Crippen LogP contribution in [-0.4, -0.2) is 29.3 Å². The predicted octanol–water partition coefficient (Wildman–Crippen LogP) is 1.35. The minimum Gasteiger partial charge on any atom is -0.383 e. The lowest BCUT2D eigenvalue weighted by molar-refractivity contribution is -0.895. The molecule has 3 rings (SSSR count). The van der Waals surface area contributed by atoms with Crippen molar-refractivity contribution in [3.63, 3.8) is 0 Å². The maximum Gasteiger partial charge on any atom is 0.190 e. The first-order valence-corrected chi connectivity index (χ1v) is 8.51. The number of thioether (sulfide) groups is 1. The number of nitrogens with two attached hydrogens (primary N) is 1. The van der Waals surface area contributed by atoms with Crippen molar-refractivity contribution in [3.8, 4) is 0 Å². The zero-order valence-corrected chi connectivity index (χ0v) is 13.0. The standard InChI is InChI=1S/C13H18N4S2/c1-3-6-18-13-15-11(14)10-8-4-5-17(2)7-9(8)19-12(10)16-13/h3-7H2,1-2H3,(H2,14,15,16)/p+1. The first-order chi connectivity index (χ1) is 9.19. The van der Waals surface area contributed by atoms with Gasteiger partial charge in [0.2, 0.25) is 0 Å². The Labute approximate surface area is 121 Å². The molecule has 2 aromatic rings. The van der Waals surface area contributed by atoms with E-state index in [1.807, 2.05) is 0 Å². The highest BCUT2D eigenvalue weighted by atomic mass is 32.2. The van der Waals surface area contributed by atoms with Gasteiger partial charge in [0.15, 0.2) is 5.16 Å². The number of hydrogen-bond donors (Lipinski definition) is 2. The number of nitrogens with zero attached hydrogens (tertiary/aromatic N) is 2. The van der Waals surface area contributed by atoms with Gasteiger partial charge in [0.25, 0.3) is 0 Å². The van der Waals surface area contributed by atoms with E-state index in [0.717, 1.165) is 40.5 Å². The number of nitrogens with one attached hydrogen (secondary N) is 1. The van der Waals surface area contributed by atoms with Gasteiger partial charge in [-0.1, -0.05) is 18.7 Å². The summed E-state index contributed by atoms with van der Waals surface area (Å²) in [6.07, 6.45) is 2.22. The van der Waals surface area contributed by atoms with E-state index < -0.39 is 0 Å². The summed E-state index contributed by atoms with van der Waals surface area (Å²) in [6, 6.07) is 0. The number of rotatable bonds is 3. The van der Waals surface area contributed by atoms with Crippen LogP contribution in [0.4, 0.5) is 5.82 Å². The molecule has 0 amide bonds. The molecule has 0 spiro atoms. The maximum atomic E-state index is 6.17. The molecule has 0 fully saturated rings. The summed E-state index contributed by atoms with van der Waals surface area (Å²) in [4.78, 5) is 13.2. The molecule has 0 aliphatic carbocycles. The van der Waals surface area contributed by atoms with Gasteiger partial charge >= 0.3 is 0 Å². The third-order valence-corrected chi connectivity index (χ3v) is 5.62. The van der Waals surface area contributed by atoms with Gasteiger partial charge in [-0.05, 0) is 12.0 Å². The number of aromatic nitrogens is 2. The minimum absolute atomic E-state index is 0.667. The average molecular weight is 295 g/mol. The van der Waals surface area contributed by atoms with E-state index in [4.69, 9.17) is 5.73 Å². The van der Waals surface area contributed by atoms with Crippen LogP contribution in [0.1, 0.15) is 23.8 Å². The summed E-state index contributed by atoms with van der Waals surface area (Å²) in [6.45, 7) is 4.43. The Hall–Kier alpha value is -0.850. The zero-order valence-electron chi connectivity index (χ0n) is 11.3. The van der Waals surface area contributed by atoms with Crippen molar-refractivity contribution in [2.75, 3.05) is 25.1 Å². The number of likely N-dealkylation sites (N-methyl/N-ethyl adjacent to an activating group) is 1.